The Morgan fingerprint density at radius 3 is 2.93 bits per heavy atom. The first kappa shape index (κ1) is 8.89. The van der Waals surface area contributed by atoms with Gasteiger partial charge in [0.05, 0.1) is 9.75 Å². The van der Waals surface area contributed by atoms with E-state index in [1.165, 1.54) is 17.7 Å². The standard InChI is InChI=1S/C8H8N4OS/c1-4-2-5(8-10-3-11-12-8)14-6(4)7(9)13/h2-3H,1H3,(H2,9,13)(H,10,11,12). The van der Waals surface area contributed by atoms with Crippen molar-refractivity contribution in [1.82, 2.24) is 15.2 Å². The van der Waals surface area contributed by atoms with Gasteiger partial charge in [-0.15, -0.1) is 11.3 Å². The van der Waals surface area contributed by atoms with Crippen LogP contribution in [0.15, 0.2) is 12.4 Å². The molecule has 0 fully saturated rings. The van der Waals surface area contributed by atoms with Gasteiger partial charge >= 0.3 is 0 Å². The number of H-pyrrole nitrogens is 1. The van der Waals surface area contributed by atoms with Gasteiger partial charge in [-0.3, -0.25) is 9.89 Å². The molecule has 0 spiro atoms. The van der Waals surface area contributed by atoms with E-state index in [0.717, 1.165) is 10.4 Å². The Bertz CT molecular complexity index is 460. The molecule has 0 aromatic carbocycles. The van der Waals surface area contributed by atoms with E-state index in [1.807, 2.05) is 13.0 Å². The van der Waals surface area contributed by atoms with Crippen molar-refractivity contribution in [1.29, 1.82) is 0 Å². The summed E-state index contributed by atoms with van der Waals surface area (Å²) >= 11 is 1.32. The van der Waals surface area contributed by atoms with Crippen LogP contribution in [0.25, 0.3) is 10.7 Å². The number of nitrogens with zero attached hydrogens (tertiary/aromatic N) is 2. The van der Waals surface area contributed by atoms with E-state index in [9.17, 15) is 4.79 Å². The van der Waals surface area contributed by atoms with Crippen molar-refractivity contribution >= 4 is 17.2 Å². The van der Waals surface area contributed by atoms with Crippen molar-refractivity contribution in [3.63, 3.8) is 0 Å². The maximum Gasteiger partial charge on any atom is 0.259 e. The minimum atomic E-state index is -0.404. The molecule has 2 heterocycles. The molecule has 0 atom stereocenters. The van der Waals surface area contributed by atoms with E-state index in [0.29, 0.717) is 10.7 Å². The summed E-state index contributed by atoms with van der Waals surface area (Å²) in [5.74, 6) is 0.254. The minimum Gasteiger partial charge on any atom is -0.365 e. The van der Waals surface area contributed by atoms with Gasteiger partial charge in [0.25, 0.3) is 5.91 Å². The van der Waals surface area contributed by atoms with Crippen LogP contribution in [0, 0.1) is 6.92 Å². The number of amides is 1. The molecular weight excluding hydrogens is 200 g/mol. The average molecular weight is 208 g/mol. The molecule has 1 amide bonds. The number of nitrogens with one attached hydrogen (secondary N) is 1. The highest BCUT2D eigenvalue weighted by Gasteiger charge is 2.12. The molecule has 14 heavy (non-hydrogen) atoms. The molecule has 2 aromatic heterocycles. The smallest absolute Gasteiger partial charge is 0.259 e. The Hall–Kier alpha value is -1.69. The fourth-order valence-corrected chi connectivity index (χ4v) is 2.14. The molecule has 0 saturated heterocycles. The molecule has 72 valence electrons. The van der Waals surface area contributed by atoms with Crippen molar-refractivity contribution < 1.29 is 4.79 Å². The second-order valence-corrected chi connectivity index (χ2v) is 3.87. The Morgan fingerprint density at radius 2 is 2.43 bits per heavy atom. The molecule has 0 radical (unpaired) electrons. The summed E-state index contributed by atoms with van der Waals surface area (Å²) < 4.78 is 0. The molecule has 0 aliphatic heterocycles. The van der Waals surface area contributed by atoms with Crippen LogP contribution >= 0.6 is 11.3 Å². The highest BCUT2D eigenvalue weighted by atomic mass is 32.1. The van der Waals surface area contributed by atoms with Crippen LogP contribution in [-0.2, 0) is 0 Å². The first-order valence-electron chi connectivity index (χ1n) is 3.94. The lowest BCUT2D eigenvalue weighted by Crippen LogP contribution is -2.09. The highest BCUT2D eigenvalue weighted by Crippen LogP contribution is 2.28. The number of carbonyl (C=O) groups is 1. The van der Waals surface area contributed by atoms with E-state index in [2.05, 4.69) is 15.2 Å². The fraction of sp³-hybridized carbons (Fsp3) is 0.125. The Morgan fingerprint density at radius 1 is 1.64 bits per heavy atom. The zero-order valence-electron chi connectivity index (χ0n) is 7.44. The number of carbonyl (C=O) groups excluding carboxylic acids is 1. The molecule has 0 aliphatic carbocycles. The Labute approximate surface area is 84.0 Å². The van der Waals surface area contributed by atoms with E-state index in [-0.39, 0.29) is 0 Å². The fourth-order valence-electron chi connectivity index (χ4n) is 1.17. The van der Waals surface area contributed by atoms with Crippen LogP contribution < -0.4 is 5.73 Å². The minimum absolute atomic E-state index is 0.404. The lowest BCUT2D eigenvalue weighted by Gasteiger charge is -1.88. The van der Waals surface area contributed by atoms with Crippen molar-refractivity contribution in [3.05, 3.63) is 22.8 Å². The monoisotopic (exact) mass is 208 g/mol. The van der Waals surface area contributed by atoms with Crippen LogP contribution in [0.2, 0.25) is 0 Å². The Balaban J connectivity index is 2.48. The average Bonchev–Trinajstić information content (AvgIpc) is 2.70. The van der Waals surface area contributed by atoms with Crippen LogP contribution in [0.1, 0.15) is 15.2 Å². The van der Waals surface area contributed by atoms with Crippen molar-refractivity contribution in [2.45, 2.75) is 6.92 Å². The third-order valence-electron chi connectivity index (χ3n) is 1.79. The van der Waals surface area contributed by atoms with E-state index < -0.39 is 5.91 Å². The van der Waals surface area contributed by atoms with Crippen LogP contribution in [0.5, 0.6) is 0 Å². The SMILES string of the molecule is Cc1cc(-c2ncn[nH]2)sc1C(N)=O. The van der Waals surface area contributed by atoms with Gasteiger partial charge in [-0.1, -0.05) is 0 Å². The zero-order valence-corrected chi connectivity index (χ0v) is 8.26. The number of aromatic nitrogens is 3. The summed E-state index contributed by atoms with van der Waals surface area (Å²) in [6.45, 7) is 1.84. The largest absolute Gasteiger partial charge is 0.365 e. The van der Waals surface area contributed by atoms with Crippen LogP contribution in [-0.4, -0.2) is 21.1 Å². The number of primary amides is 1. The molecule has 0 saturated carbocycles. The summed E-state index contributed by atoms with van der Waals surface area (Å²) in [7, 11) is 0. The van der Waals surface area contributed by atoms with Gasteiger partial charge in [-0.2, -0.15) is 5.10 Å². The van der Waals surface area contributed by atoms with E-state index in [1.54, 1.807) is 0 Å². The quantitative estimate of drug-likeness (QED) is 0.770. The summed E-state index contributed by atoms with van der Waals surface area (Å²) in [6, 6.07) is 1.87. The van der Waals surface area contributed by atoms with E-state index in [4.69, 9.17) is 5.73 Å². The number of aryl methyl sites for hydroxylation is 1. The van der Waals surface area contributed by atoms with Gasteiger partial charge in [0.2, 0.25) is 0 Å². The van der Waals surface area contributed by atoms with Crippen molar-refractivity contribution in [3.8, 4) is 10.7 Å². The molecule has 2 rings (SSSR count). The predicted octanol–water partition coefficient (Wildman–Crippen LogP) is 0.941. The van der Waals surface area contributed by atoms with E-state index >= 15 is 0 Å². The van der Waals surface area contributed by atoms with Gasteiger partial charge in [-0.05, 0) is 18.6 Å². The summed E-state index contributed by atoms with van der Waals surface area (Å²) in [6.07, 6.45) is 1.42. The predicted molar refractivity (Wildman–Crippen MR) is 53.0 cm³/mol. The zero-order chi connectivity index (χ0) is 10.1. The molecule has 0 bridgehead atoms. The summed E-state index contributed by atoms with van der Waals surface area (Å²) in [5, 5.41) is 6.47. The summed E-state index contributed by atoms with van der Waals surface area (Å²) in [5.41, 5.74) is 6.08. The first-order valence-corrected chi connectivity index (χ1v) is 4.76. The van der Waals surface area contributed by atoms with Crippen LogP contribution in [0.3, 0.4) is 0 Å². The number of aromatic amines is 1. The lowest BCUT2D eigenvalue weighted by molar-refractivity contribution is 0.100. The second-order valence-electron chi connectivity index (χ2n) is 2.82. The number of thiophene rings is 1. The van der Waals surface area contributed by atoms with Gasteiger partial charge in [-0.25, -0.2) is 4.98 Å². The maximum absolute atomic E-state index is 11.0. The molecule has 3 N–H and O–H groups in total. The summed E-state index contributed by atoms with van der Waals surface area (Å²) in [4.78, 5) is 16.4. The van der Waals surface area contributed by atoms with Gasteiger partial charge < -0.3 is 5.73 Å². The molecule has 2 aromatic rings. The lowest BCUT2D eigenvalue weighted by atomic mass is 10.2. The number of rotatable bonds is 2. The number of hydrogen-bond acceptors (Lipinski definition) is 4. The number of nitrogens with two attached hydrogens (primary N) is 1. The van der Waals surface area contributed by atoms with Crippen LogP contribution in [0.4, 0.5) is 0 Å². The molecule has 5 nitrogen and oxygen atoms in total. The topological polar surface area (TPSA) is 84.7 Å². The molecule has 0 unspecified atom stereocenters. The third-order valence-corrected chi connectivity index (χ3v) is 3.05. The number of hydrogen-bond donors (Lipinski definition) is 2. The normalized spacial score (nSPS) is 10.4. The third kappa shape index (κ3) is 1.39. The molecule has 6 heteroatoms. The molecular formula is C8H8N4OS. The first-order chi connectivity index (χ1) is 6.68. The highest BCUT2D eigenvalue weighted by molar-refractivity contribution is 7.17. The van der Waals surface area contributed by atoms with Crippen molar-refractivity contribution in [2.24, 2.45) is 5.73 Å². The maximum atomic E-state index is 11.0. The second kappa shape index (κ2) is 3.22. The molecule has 0 aliphatic rings. The van der Waals surface area contributed by atoms with Gasteiger partial charge in [0, 0.05) is 0 Å². The van der Waals surface area contributed by atoms with Gasteiger partial charge in [0.15, 0.2) is 5.82 Å². The van der Waals surface area contributed by atoms with Crippen molar-refractivity contribution in [2.75, 3.05) is 0 Å². The Kier molecular flexibility index (Phi) is 2.05. The van der Waals surface area contributed by atoms with Gasteiger partial charge in [0.1, 0.15) is 6.33 Å².